The minimum absolute atomic E-state index is 0.00493. The number of aromatic nitrogens is 2. The maximum absolute atomic E-state index is 8.16. The van der Waals surface area contributed by atoms with Gasteiger partial charge in [-0.3, -0.25) is 0 Å². The van der Waals surface area contributed by atoms with Crippen molar-refractivity contribution in [3.8, 4) is 22.4 Å². The Morgan fingerprint density at radius 2 is 1.69 bits per heavy atom. The molecule has 3 heterocycles. The number of aryl methyl sites for hydroxylation is 4. The van der Waals surface area contributed by atoms with Gasteiger partial charge in [-0.15, -0.1) is 0 Å². The lowest BCUT2D eigenvalue weighted by molar-refractivity contribution is -0.659. The first-order chi connectivity index (χ1) is 16.5. The van der Waals surface area contributed by atoms with Crippen LogP contribution in [0.4, 0.5) is 0 Å². The summed E-state index contributed by atoms with van der Waals surface area (Å²) in [5, 5.41) is 1.75. The Bertz CT molecular complexity index is 1570. The summed E-state index contributed by atoms with van der Waals surface area (Å²) in [5.41, 5.74) is 4.14. The van der Waals surface area contributed by atoms with Gasteiger partial charge in [-0.05, 0) is 61.1 Å². The fourth-order valence-electron chi connectivity index (χ4n) is 4.03. The summed E-state index contributed by atoms with van der Waals surface area (Å²) in [6, 6.07) is 15.8. The molecule has 29 heavy (non-hydrogen) atoms. The molecule has 0 aliphatic heterocycles. The van der Waals surface area contributed by atoms with E-state index in [0.29, 0.717) is 22.6 Å². The molecule has 0 aliphatic rings. The van der Waals surface area contributed by atoms with Gasteiger partial charge in [0.15, 0.2) is 11.8 Å². The van der Waals surface area contributed by atoms with Crippen LogP contribution in [0.25, 0.3) is 44.5 Å². The molecule has 0 atom stereocenters. The zero-order chi connectivity index (χ0) is 25.1. The fraction of sp³-hybridized carbons (Fsp3) is 0.154. The predicted octanol–water partition coefficient (Wildman–Crippen LogP) is 6.06. The highest BCUT2D eigenvalue weighted by molar-refractivity contribution is 6.09. The first-order valence-electron chi connectivity index (χ1n) is 12.4. The van der Waals surface area contributed by atoms with Crippen molar-refractivity contribution in [2.75, 3.05) is 0 Å². The molecule has 0 N–H and O–H groups in total. The third-order valence-electron chi connectivity index (χ3n) is 5.38. The minimum Gasteiger partial charge on any atom is -0.437 e. The SMILES string of the molecule is [2H]C([2H])([2H])c1cccc(C([2H])([2H])[2H])c1-c1ccc[n+](C)c1-c1c(C)ccc2c1oc1ncccc12. The first-order valence-corrected chi connectivity index (χ1v) is 9.38. The molecule has 3 nitrogen and oxygen atoms in total. The van der Waals surface area contributed by atoms with Gasteiger partial charge < -0.3 is 4.42 Å². The van der Waals surface area contributed by atoms with Gasteiger partial charge in [0.2, 0.25) is 11.4 Å². The van der Waals surface area contributed by atoms with E-state index in [2.05, 4.69) is 4.98 Å². The Labute approximate surface area is 178 Å². The summed E-state index contributed by atoms with van der Waals surface area (Å²) >= 11 is 0. The van der Waals surface area contributed by atoms with Crippen LogP contribution in [0.15, 0.2) is 71.4 Å². The van der Waals surface area contributed by atoms with Crippen LogP contribution in [0.3, 0.4) is 0 Å². The van der Waals surface area contributed by atoms with E-state index in [-0.39, 0.29) is 16.7 Å². The molecule has 5 aromatic rings. The van der Waals surface area contributed by atoms with Crippen molar-refractivity contribution < 1.29 is 17.2 Å². The van der Waals surface area contributed by atoms with Crippen LogP contribution in [0.2, 0.25) is 0 Å². The van der Waals surface area contributed by atoms with E-state index >= 15 is 0 Å². The standard InChI is InChI=1S/C26H23N2O/c1-16-8-5-9-17(2)22(16)21-11-7-15-28(4)24(21)23-18(3)12-13-19-20-10-6-14-27-26(20)29-25(19)23/h5-15H,1-4H3/q+1/i1D3,2D3. The molecule has 0 radical (unpaired) electrons. The van der Waals surface area contributed by atoms with Crippen molar-refractivity contribution in [2.45, 2.75) is 20.6 Å². The second-order valence-corrected chi connectivity index (χ2v) is 7.20. The Kier molecular flexibility index (Phi) is 2.75. The van der Waals surface area contributed by atoms with Crippen molar-refractivity contribution in [3.05, 3.63) is 83.7 Å². The molecule has 0 fully saturated rings. The number of hydrogen-bond donors (Lipinski definition) is 0. The average molecular weight is 386 g/mol. The van der Waals surface area contributed by atoms with Gasteiger partial charge in [-0.1, -0.05) is 30.3 Å². The highest BCUT2D eigenvalue weighted by Crippen LogP contribution is 2.40. The van der Waals surface area contributed by atoms with Crippen molar-refractivity contribution in [1.29, 1.82) is 0 Å². The predicted molar refractivity (Wildman–Crippen MR) is 118 cm³/mol. The van der Waals surface area contributed by atoms with Crippen LogP contribution in [0.1, 0.15) is 24.9 Å². The van der Waals surface area contributed by atoms with Gasteiger partial charge >= 0.3 is 0 Å². The number of hydrogen-bond acceptors (Lipinski definition) is 2. The normalized spacial score (nSPS) is 15.4. The minimum atomic E-state index is -2.51. The van der Waals surface area contributed by atoms with Gasteiger partial charge in [-0.25, -0.2) is 9.55 Å². The maximum atomic E-state index is 8.16. The zero-order valence-corrected chi connectivity index (χ0v) is 16.2. The Morgan fingerprint density at radius 3 is 2.48 bits per heavy atom. The fourth-order valence-corrected chi connectivity index (χ4v) is 4.03. The molecule has 142 valence electrons. The molecule has 0 saturated heterocycles. The van der Waals surface area contributed by atoms with Gasteiger partial charge in [-0.2, -0.15) is 0 Å². The lowest BCUT2D eigenvalue weighted by atomic mass is 9.90. The molecular weight excluding hydrogens is 356 g/mol. The molecule has 0 spiro atoms. The lowest BCUT2D eigenvalue weighted by Crippen LogP contribution is -2.31. The molecule has 3 aromatic heterocycles. The molecular formula is C26H23N2O+. The van der Waals surface area contributed by atoms with Crippen molar-refractivity contribution in [1.82, 2.24) is 4.98 Å². The second kappa shape index (κ2) is 6.56. The maximum Gasteiger partial charge on any atom is 0.227 e. The molecule has 0 bridgehead atoms. The summed E-state index contributed by atoms with van der Waals surface area (Å²) < 4.78 is 57.0. The number of furan rings is 1. The van der Waals surface area contributed by atoms with Crippen molar-refractivity contribution in [2.24, 2.45) is 7.05 Å². The topological polar surface area (TPSA) is 29.9 Å². The number of pyridine rings is 2. The monoisotopic (exact) mass is 385 g/mol. The molecule has 0 aliphatic carbocycles. The smallest absolute Gasteiger partial charge is 0.227 e. The molecule has 0 amide bonds. The number of benzene rings is 2. The molecule has 0 unspecified atom stereocenters. The molecule has 5 rings (SSSR count). The quantitative estimate of drug-likeness (QED) is 0.345. The van der Waals surface area contributed by atoms with Crippen LogP contribution in [0.5, 0.6) is 0 Å². The van der Waals surface area contributed by atoms with E-state index in [1.807, 2.05) is 49.0 Å². The van der Waals surface area contributed by atoms with Crippen LogP contribution in [-0.4, -0.2) is 4.98 Å². The second-order valence-electron chi connectivity index (χ2n) is 7.20. The third kappa shape index (κ3) is 2.65. The van der Waals surface area contributed by atoms with Gasteiger partial charge in [0.1, 0.15) is 7.05 Å². The lowest BCUT2D eigenvalue weighted by Gasteiger charge is -2.14. The largest absolute Gasteiger partial charge is 0.437 e. The van der Waals surface area contributed by atoms with E-state index in [9.17, 15) is 0 Å². The van der Waals surface area contributed by atoms with Gasteiger partial charge in [0.25, 0.3) is 0 Å². The van der Waals surface area contributed by atoms with E-state index in [1.165, 1.54) is 18.2 Å². The highest BCUT2D eigenvalue weighted by atomic mass is 16.3. The van der Waals surface area contributed by atoms with Crippen molar-refractivity contribution >= 4 is 22.1 Å². The summed E-state index contributed by atoms with van der Waals surface area (Å²) in [4.78, 5) is 4.36. The number of nitrogens with zero attached hydrogens (tertiary/aromatic N) is 2. The highest BCUT2D eigenvalue weighted by Gasteiger charge is 2.25. The third-order valence-corrected chi connectivity index (χ3v) is 5.38. The summed E-state index contributed by atoms with van der Waals surface area (Å²) in [5.74, 6) is 0. The molecule has 3 heteroatoms. The molecule has 2 aromatic carbocycles. The van der Waals surface area contributed by atoms with Crippen molar-refractivity contribution in [3.63, 3.8) is 0 Å². The number of rotatable bonds is 2. The summed E-state index contributed by atoms with van der Waals surface area (Å²) in [6.45, 7) is -3.06. The van der Waals surface area contributed by atoms with E-state index in [0.717, 1.165) is 21.9 Å². The Balaban J connectivity index is 1.95. The van der Waals surface area contributed by atoms with Crippen LogP contribution >= 0.6 is 0 Å². The Hall–Kier alpha value is -3.46. The van der Waals surface area contributed by atoms with Gasteiger partial charge in [0.05, 0.1) is 11.1 Å². The van der Waals surface area contributed by atoms with Crippen LogP contribution in [-0.2, 0) is 7.05 Å². The van der Waals surface area contributed by atoms with Crippen LogP contribution in [0, 0.1) is 20.6 Å². The van der Waals surface area contributed by atoms with Gasteiger partial charge in [0, 0.05) is 31.3 Å². The van der Waals surface area contributed by atoms with Crippen LogP contribution < -0.4 is 4.57 Å². The Morgan fingerprint density at radius 1 is 0.862 bits per heavy atom. The average Bonchev–Trinajstić information content (AvgIpc) is 3.16. The first kappa shape index (κ1) is 12.2. The summed E-state index contributed by atoms with van der Waals surface area (Å²) in [7, 11) is 1.85. The summed E-state index contributed by atoms with van der Waals surface area (Å²) in [6.07, 6.45) is 3.52. The van der Waals surface area contributed by atoms with E-state index in [1.54, 1.807) is 18.3 Å². The van der Waals surface area contributed by atoms with E-state index < -0.39 is 13.7 Å². The van der Waals surface area contributed by atoms with E-state index in [4.69, 9.17) is 12.6 Å². The zero-order valence-electron chi connectivity index (χ0n) is 22.2. The molecule has 0 saturated carbocycles. The number of fused-ring (bicyclic) bond motifs is 3.